The van der Waals surface area contributed by atoms with Gasteiger partial charge in [-0.1, -0.05) is 0 Å². The largest absolute Gasteiger partial charge is 0.468 e. The highest BCUT2D eigenvalue weighted by Crippen LogP contribution is 1.89. The van der Waals surface area contributed by atoms with Crippen molar-refractivity contribution in [2.24, 2.45) is 5.73 Å². The summed E-state index contributed by atoms with van der Waals surface area (Å²) in [7, 11) is 1.15. The number of rotatable bonds is 2. The molecule has 0 saturated carbocycles. The Kier molecular flexibility index (Phi) is 2.48. The summed E-state index contributed by atoms with van der Waals surface area (Å²) in [5.74, 6) is -0.792. The summed E-state index contributed by atoms with van der Waals surface area (Å²) >= 11 is 0. The highest BCUT2D eigenvalue weighted by molar-refractivity contribution is 5.75. The molecule has 0 aromatic rings. The van der Waals surface area contributed by atoms with E-state index in [1.807, 2.05) is 0 Å². The summed E-state index contributed by atoms with van der Waals surface area (Å²) in [5, 5.41) is 8.83. The van der Waals surface area contributed by atoms with Gasteiger partial charge in [-0.3, -0.25) is 4.79 Å². The maximum absolute atomic E-state index is 10.5. The van der Waals surface area contributed by atoms with Crippen LogP contribution in [-0.2, 0) is 9.53 Å². The highest BCUT2D eigenvalue weighted by atomic mass is 16.5. The fraction of sp³-hybridized carbons (Fsp3) is 0.800. The molecule has 0 aliphatic heterocycles. The Hall–Kier alpha value is -0.610. The van der Waals surface area contributed by atoms with Gasteiger partial charge in [0.05, 0.1) is 14.6 Å². The topological polar surface area (TPSA) is 72.5 Å². The van der Waals surface area contributed by atoms with E-state index in [0.29, 0.717) is 0 Å². The molecule has 0 heterocycles. The number of nitrogens with two attached hydrogens (primary N) is 1. The van der Waals surface area contributed by atoms with Gasteiger partial charge < -0.3 is 15.6 Å². The van der Waals surface area contributed by atoms with Crippen LogP contribution in [0.25, 0.3) is 0 Å². The summed E-state index contributed by atoms with van der Waals surface area (Å²) in [6.45, 7) is 1.12. The van der Waals surface area contributed by atoms with Crippen LogP contribution >= 0.6 is 0 Å². The summed E-state index contributed by atoms with van der Waals surface area (Å²) in [6, 6.07) is -1.31. The van der Waals surface area contributed by atoms with Crippen LogP contribution in [-0.4, -0.2) is 30.3 Å². The molecule has 2 atom stereocenters. The fourth-order valence-electron chi connectivity index (χ4n) is 0.298. The van der Waals surface area contributed by atoms with E-state index in [1.54, 1.807) is 0 Å². The number of methoxy groups -OCH3 is 1. The van der Waals surface area contributed by atoms with Crippen LogP contribution in [0.2, 0.25) is 0 Å². The summed E-state index contributed by atoms with van der Waals surface area (Å²) < 4.78 is 11.1. The van der Waals surface area contributed by atoms with Crippen LogP contribution in [0.4, 0.5) is 0 Å². The molecule has 4 heteroatoms. The molecule has 0 aromatic carbocycles. The second-order valence-corrected chi connectivity index (χ2v) is 1.64. The minimum atomic E-state index is -1.97. The first-order chi connectivity index (χ1) is 4.39. The number of aliphatic hydroxyl groups is 1. The zero-order chi connectivity index (χ0) is 8.36. The molecule has 0 aromatic heterocycles. The van der Waals surface area contributed by atoms with Gasteiger partial charge in [-0.05, 0) is 6.92 Å². The van der Waals surface area contributed by atoms with Crippen LogP contribution in [0, 0.1) is 0 Å². The third-order valence-electron chi connectivity index (χ3n) is 0.905. The lowest BCUT2D eigenvalue weighted by Crippen LogP contribution is -2.40. The van der Waals surface area contributed by atoms with E-state index >= 15 is 0 Å². The van der Waals surface area contributed by atoms with Crippen molar-refractivity contribution < 1.29 is 16.0 Å². The molecule has 0 amide bonds. The van der Waals surface area contributed by atoms with Crippen molar-refractivity contribution in [3.05, 3.63) is 0 Å². The molecule has 3 N–H and O–H groups in total. The van der Waals surface area contributed by atoms with Gasteiger partial charge in [0.2, 0.25) is 0 Å². The van der Waals surface area contributed by atoms with E-state index in [9.17, 15) is 4.79 Å². The van der Waals surface area contributed by atoms with Crippen molar-refractivity contribution >= 4 is 5.97 Å². The molecule has 0 aliphatic carbocycles. The number of esters is 1. The van der Waals surface area contributed by atoms with Crippen molar-refractivity contribution in [3.63, 3.8) is 0 Å². The lowest BCUT2D eigenvalue weighted by molar-refractivity contribution is -0.144. The molecule has 0 saturated heterocycles. The molecular weight excluding hydrogens is 122 g/mol. The summed E-state index contributed by atoms with van der Waals surface area (Å²) in [5.41, 5.74) is 5.09. The highest BCUT2D eigenvalue weighted by Gasteiger charge is 2.18. The molecule has 0 aliphatic rings. The number of carbonyl (C=O) groups excluding carboxylic acids is 1. The lowest BCUT2D eigenvalue weighted by atomic mass is 10.2. The standard InChI is InChI=1S/C5H11NO3/c1-3(7)4(6)5(8)9-2/h3-4,7H,6H2,1-2H3/t3-,4-/m0/s1/i3T. The maximum atomic E-state index is 10.5. The van der Waals surface area contributed by atoms with Gasteiger partial charge in [-0.25, -0.2) is 0 Å². The Morgan fingerprint density at radius 2 is 2.44 bits per heavy atom. The van der Waals surface area contributed by atoms with E-state index in [0.717, 1.165) is 14.0 Å². The van der Waals surface area contributed by atoms with Crippen molar-refractivity contribution in [1.82, 2.24) is 0 Å². The van der Waals surface area contributed by atoms with Crippen molar-refractivity contribution in [1.29, 1.82) is 0 Å². The first-order valence-corrected chi connectivity index (χ1v) is 2.45. The van der Waals surface area contributed by atoms with E-state index in [4.69, 9.17) is 12.2 Å². The average molecular weight is 135 g/mol. The lowest BCUT2D eigenvalue weighted by Gasteiger charge is -2.10. The Labute approximate surface area is 55.0 Å². The van der Waals surface area contributed by atoms with Crippen LogP contribution < -0.4 is 5.73 Å². The molecule has 54 valence electrons. The third-order valence-corrected chi connectivity index (χ3v) is 0.905. The predicted molar refractivity (Wildman–Crippen MR) is 31.7 cm³/mol. The smallest absolute Gasteiger partial charge is 0.325 e. The number of ether oxygens (including phenoxy) is 1. The minimum absolute atomic E-state index is 0.792. The van der Waals surface area contributed by atoms with Gasteiger partial charge in [0.1, 0.15) is 6.04 Å². The minimum Gasteiger partial charge on any atom is -0.468 e. The molecule has 0 unspecified atom stereocenters. The summed E-state index contributed by atoms with van der Waals surface area (Å²) in [4.78, 5) is 10.5. The van der Waals surface area contributed by atoms with Crippen molar-refractivity contribution in [3.8, 4) is 0 Å². The van der Waals surface area contributed by atoms with Crippen LogP contribution in [0.3, 0.4) is 0 Å². The van der Waals surface area contributed by atoms with E-state index in [-0.39, 0.29) is 0 Å². The Morgan fingerprint density at radius 1 is 2.00 bits per heavy atom. The molecule has 9 heavy (non-hydrogen) atoms. The van der Waals surface area contributed by atoms with Gasteiger partial charge in [-0.15, -0.1) is 0 Å². The fourth-order valence-corrected chi connectivity index (χ4v) is 0.298. The van der Waals surface area contributed by atoms with Gasteiger partial charge in [-0.2, -0.15) is 0 Å². The average Bonchev–Trinajstić information content (AvgIpc) is 1.83. The maximum Gasteiger partial charge on any atom is 0.325 e. The summed E-state index contributed by atoms with van der Waals surface area (Å²) in [6.07, 6.45) is -1.97. The van der Waals surface area contributed by atoms with Crippen LogP contribution in [0.5, 0.6) is 0 Å². The molecule has 4 nitrogen and oxygen atoms in total. The van der Waals surface area contributed by atoms with E-state index < -0.39 is 18.1 Å². The van der Waals surface area contributed by atoms with E-state index in [1.165, 1.54) is 0 Å². The zero-order valence-corrected chi connectivity index (χ0v) is 5.42. The Morgan fingerprint density at radius 3 is 2.56 bits per heavy atom. The quantitative estimate of drug-likeness (QED) is 0.470. The molecule has 0 rings (SSSR count). The van der Waals surface area contributed by atoms with Gasteiger partial charge in [0.15, 0.2) is 0 Å². The zero-order valence-electron chi connectivity index (χ0n) is 6.42. The predicted octanol–water partition coefficient (Wildman–Crippen LogP) is -1.13. The second-order valence-electron chi connectivity index (χ2n) is 1.64. The SMILES string of the molecule is [3H][C@@](C)(O)[C@H](N)C(=O)OC. The third kappa shape index (κ3) is 2.43. The van der Waals surface area contributed by atoms with Gasteiger partial charge in [0, 0.05) is 0 Å². The van der Waals surface area contributed by atoms with Crippen molar-refractivity contribution in [2.45, 2.75) is 19.0 Å². The Balaban J connectivity index is 4.08. The van der Waals surface area contributed by atoms with Gasteiger partial charge in [0.25, 0.3) is 0 Å². The van der Waals surface area contributed by atoms with Crippen LogP contribution in [0.1, 0.15) is 8.29 Å². The van der Waals surface area contributed by atoms with Gasteiger partial charge >= 0.3 is 5.97 Å². The first-order valence-electron chi connectivity index (χ1n) is 2.95. The monoisotopic (exact) mass is 135 g/mol. The first kappa shape index (κ1) is 6.51. The molecule has 0 spiro atoms. The normalized spacial score (nSPS) is 21.6. The number of carbonyl (C=O) groups is 1. The number of hydrogen-bond acceptors (Lipinski definition) is 4. The Bertz CT molecular complexity index is 131. The second kappa shape index (κ2) is 3.42. The molecule has 0 radical (unpaired) electrons. The molecule has 0 fully saturated rings. The molecular formula is C5H11NO3. The van der Waals surface area contributed by atoms with E-state index in [2.05, 4.69) is 4.74 Å². The van der Waals surface area contributed by atoms with Crippen molar-refractivity contribution in [2.75, 3.05) is 7.11 Å². The van der Waals surface area contributed by atoms with Crippen LogP contribution in [0.15, 0.2) is 0 Å². The molecule has 0 bridgehead atoms. The number of hydrogen-bond donors (Lipinski definition) is 2.